The number of halogens is 1. The maximum atomic E-state index is 5.23. The summed E-state index contributed by atoms with van der Waals surface area (Å²) in [7, 11) is 3.30. The number of benzene rings is 1. The van der Waals surface area contributed by atoms with Gasteiger partial charge < -0.3 is 9.47 Å². The Morgan fingerprint density at radius 1 is 1.23 bits per heavy atom. The highest BCUT2D eigenvalue weighted by atomic mass is 79.9. The highest BCUT2D eigenvalue weighted by molar-refractivity contribution is 9.08. The fourth-order valence-electron chi connectivity index (χ4n) is 1.30. The number of ether oxygens (including phenoxy) is 2. The van der Waals surface area contributed by atoms with Crippen LogP contribution in [0.1, 0.15) is 11.1 Å². The quantitative estimate of drug-likeness (QED) is 0.762. The van der Waals surface area contributed by atoms with Crippen LogP contribution in [-0.2, 0) is 5.33 Å². The van der Waals surface area contributed by atoms with E-state index in [9.17, 15) is 0 Å². The van der Waals surface area contributed by atoms with Crippen molar-refractivity contribution in [3.05, 3.63) is 23.3 Å². The summed E-state index contributed by atoms with van der Waals surface area (Å²) in [6.07, 6.45) is 0. The van der Waals surface area contributed by atoms with Gasteiger partial charge in [-0.05, 0) is 24.1 Å². The third kappa shape index (κ3) is 2.15. The number of hydrogen-bond acceptors (Lipinski definition) is 2. The summed E-state index contributed by atoms with van der Waals surface area (Å²) in [5.74, 6) is 1.60. The Hall–Kier alpha value is -0.700. The molecule has 0 aliphatic rings. The molecule has 1 aromatic rings. The highest BCUT2D eigenvalue weighted by Crippen LogP contribution is 2.32. The predicted octanol–water partition coefficient (Wildman–Crippen LogP) is 2.91. The zero-order chi connectivity index (χ0) is 9.84. The molecule has 0 spiro atoms. The monoisotopic (exact) mass is 244 g/mol. The van der Waals surface area contributed by atoms with E-state index in [1.807, 2.05) is 13.0 Å². The van der Waals surface area contributed by atoms with E-state index in [-0.39, 0.29) is 0 Å². The van der Waals surface area contributed by atoms with Gasteiger partial charge in [0.25, 0.3) is 0 Å². The molecule has 0 atom stereocenters. The summed E-state index contributed by atoms with van der Waals surface area (Å²) in [6.45, 7) is 2.01. The first-order chi connectivity index (χ1) is 6.22. The van der Waals surface area contributed by atoms with Crippen LogP contribution in [0.5, 0.6) is 11.5 Å². The van der Waals surface area contributed by atoms with E-state index in [1.165, 1.54) is 5.56 Å². The topological polar surface area (TPSA) is 18.5 Å². The third-order valence-corrected chi connectivity index (χ3v) is 2.53. The molecular weight excluding hydrogens is 232 g/mol. The summed E-state index contributed by atoms with van der Waals surface area (Å²) in [4.78, 5) is 0. The van der Waals surface area contributed by atoms with Crippen molar-refractivity contribution in [3.63, 3.8) is 0 Å². The SMILES string of the molecule is COc1cc(CBr)cc(C)c1OC. The molecule has 0 heterocycles. The molecule has 13 heavy (non-hydrogen) atoms. The van der Waals surface area contributed by atoms with Crippen LogP contribution in [0.15, 0.2) is 12.1 Å². The molecule has 0 fully saturated rings. The number of methoxy groups -OCH3 is 2. The first kappa shape index (κ1) is 10.4. The molecule has 3 heteroatoms. The Kier molecular flexibility index (Phi) is 3.60. The fourth-order valence-corrected chi connectivity index (χ4v) is 1.63. The molecule has 0 saturated heterocycles. The minimum atomic E-state index is 0.789. The van der Waals surface area contributed by atoms with Gasteiger partial charge in [-0.2, -0.15) is 0 Å². The highest BCUT2D eigenvalue weighted by Gasteiger charge is 2.07. The van der Waals surface area contributed by atoms with Crippen molar-refractivity contribution in [3.8, 4) is 11.5 Å². The van der Waals surface area contributed by atoms with Crippen molar-refractivity contribution < 1.29 is 9.47 Å². The van der Waals surface area contributed by atoms with Crippen LogP contribution in [0.4, 0.5) is 0 Å². The van der Waals surface area contributed by atoms with E-state index < -0.39 is 0 Å². The number of rotatable bonds is 3. The smallest absolute Gasteiger partial charge is 0.163 e. The lowest BCUT2D eigenvalue weighted by molar-refractivity contribution is 0.352. The van der Waals surface area contributed by atoms with Crippen LogP contribution in [0, 0.1) is 6.92 Å². The van der Waals surface area contributed by atoms with E-state index in [0.29, 0.717) is 0 Å². The van der Waals surface area contributed by atoms with E-state index in [4.69, 9.17) is 9.47 Å². The van der Waals surface area contributed by atoms with Gasteiger partial charge in [-0.1, -0.05) is 22.0 Å². The van der Waals surface area contributed by atoms with E-state index in [0.717, 1.165) is 22.4 Å². The zero-order valence-corrected chi connectivity index (χ0v) is 9.64. The second-order valence-corrected chi connectivity index (χ2v) is 3.34. The molecule has 1 aromatic carbocycles. The van der Waals surface area contributed by atoms with Gasteiger partial charge in [-0.3, -0.25) is 0 Å². The van der Waals surface area contributed by atoms with Crippen molar-refractivity contribution in [2.75, 3.05) is 14.2 Å². The first-order valence-electron chi connectivity index (χ1n) is 4.00. The molecule has 0 aliphatic heterocycles. The average molecular weight is 245 g/mol. The van der Waals surface area contributed by atoms with Crippen LogP contribution >= 0.6 is 15.9 Å². The van der Waals surface area contributed by atoms with Crippen LogP contribution in [-0.4, -0.2) is 14.2 Å². The lowest BCUT2D eigenvalue weighted by Gasteiger charge is -2.11. The second-order valence-electron chi connectivity index (χ2n) is 2.78. The average Bonchev–Trinajstić information content (AvgIpc) is 2.16. The normalized spacial score (nSPS) is 9.85. The molecule has 2 nitrogen and oxygen atoms in total. The van der Waals surface area contributed by atoms with Crippen molar-refractivity contribution in [1.82, 2.24) is 0 Å². The minimum absolute atomic E-state index is 0.789. The maximum Gasteiger partial charge on any atom is 0.163 e. The lowest BCUT2D eigenvalue weighted by atomic mass is 10.1. The van der Waals surface area contributed by atoms with Crippen molar-refractivity contribution in [1.29, 1.82) is 0 Å². The molecule has 0 bridgehead atoms. The largest absolute Gasteiger partial charge is 0.493 e. The van der Waals surface area contributed by atoms with Gasteiger partial charge in [0.15, 0.2) is 11.5 Å². The number of aryl methyl sites for hydroxylation is 1. The van der Waals surface area contributed by atoms with Crippen molar-refractivity contribution in [2.24, 2.45) is 0 Å². The number of hydrogen-bond donors (Lipinski definition) is 0. The molecule has 0 aliphatic carbocycles. The zero-order valence-electron chi connectivity index (χ0n) is 8.06. The van der Waals surface area contributed by atoms with Crippen LogP contribution in [0.3, 0.4) is 0 Å². The first-order valence-corrected chi connectivity index (χ1v) is 5.12. The summed E-state index contributed by atoms with van der Waals surface area (Å²) >= 11 is 3.41. The predicted molar refractivity (Wildman–Crippen MR) is 56.9 cm³/mol. The Bertz CT molecular complexity index is 297. The summed E-state index contributed by atoms with van der Waals surface area (Å²) in [5.41, 5.74) is 2.28. The molecule has 0 radical (unpaired) electrons. The fraction of sp³-hybridized carbons (Fsp3) is 0.400. The summed E-state index contributed by atoms with van der Waals surface area (Å²) < 4.78 is 10.4. The Morgan fingerprint density at radius 2 is 1.92 bits per heavy atom. The van der Waals surface area contributed by atoms with Crippen LogP contribution < -0.4 is 9.47 Å². The molecule has 0 saturated carbocycles. The van der Waals surface area contributed by atoms with E-state index >= 15 is 0 Å². The lowest BCUT2D eigenvalue weighted by Crippen LogP contribution is -1.94. The Morgan fingerprint density at radius 3 is 2.38 bits per heavy atom. The molecule has 0 aromatic heterocycles. The second kappa shape index (κ2) is 4.51. The third-order valence-electron chi connectivity index (χ3n) is 1.88. The molecule has 0 amide bonds. The van der Waals surface area contributed by atoms with Gasteiger partial charge in [0.2, 0.25) is 0 Å². The van der Waals surface area contributed by atoms with Gasteiger partial charge in [0.05, 0.1) is 14.2 Å². The summed E-state index contributed by atoms with van der Waals surface area (Å²) in [5, 5.41) is 0.828. The van der Waals surface area contributed by atoms with E-state index in [2.05, 4.69) is 22.0 Å². The maximum absolute atomic E-state index is 5.23. The molecule has 1 rings (SSSR count). The van der Waals surface area contributed by atoms with Crippen LogP contribution in [0.2, 0.25) is 0 Å². The minimum Gasteiger partial charge on any atom is -0.493 e. The van der Waals surface area contributed by atoms with Crippen molar-refractivity contribution >= 4 is 15.9 Å². The molecule has 72 valence electrons. The van der Waals surface area contributed by atoms with Gasteiger partial charge in [0, 0.05) is 5.33 Å². The van der Waals surface area contributed by atoms with Gasteiger partial charge in [0.1, 0.15) is 0 Å². The number of alkyl halides is 1. The van der Waals surface area contributed by atoms with E-state index in [1.54, 1.807) is 14.2 Å². The molecule has 0 N–H and O–H groups in total. The van der Waals surface area contributed by atoms with Gasteiger partial charge in [-0.15, -0.1) is 0 Å². The Labute approximate surface area is 87.0 Å². The van der Waals surface area contributed by atoms with Crippen molar-refractivity contribution in [2.45, 2.75) is 12.3 Å². The van der Waals surface area contributed by atoms with Crippen LogP contribution in [0.25, 0.3) is 0 Å². The Balaban J connectivity index is 3.20. The molecule has 0 unspecified atom stereocenters. The molecular formula is C10H13BrO2. The van der Waals surface area contributed by atoms with Gasteiger partial charge >= 0.3 is 0 Å². The standard InChI is InChI=1S/C10H13BrO2/c1-7-4-8(6-11)5-9(12-2)10(7)13-3/h4-5H,6H2,1-3H3. The van der Waals surface area contributed by atoms with Gasteiger partial charge in [-0.25, -0.2) is 0 Å². The summed E-state index contributed by atoms with van der Waals surface area (Å²) in [6, 6.07) is 4.05.